The molecule has 0 N–H and O–H groups in total. The standard InChI is InChI=1S/C23H21ClN2O4S/c1-29-19-12-17(13-20(14-19)30-2)23-15-22(16-8-10-18(24)11-9-16)25-26(23)31(27,28)21-6-4-3-5-7-21/h3-14,23H,15H2,1-2H3/t23-/m1/s1. The molecule has 0 aromatic heterocycles. The molecule has 0 radical (unpaired) electrons. The van der Waals surface area contributed by atoms with Gasteiger partial charge in [0.1, 0.15) is 11.5 Å². The van der Waals surface area contributed by atoms with Crippen molar-refractivity contribution < 1.29 is 17.9 Å². The number of hydrogen-bond acceptors (Lipinski definition) is 5. The molecule has 31 heavy (non-hydrogen) atoms. The summed E-state index contributed by atoms with van der Waals surface area (Å²) in [6, 6.07) is 20.3. The van der Waals surface area contributed by atoms with Crippen molar-refractivity contribution >= 4 is 27.3 Å². The second-order valence-electron chi connectivity index (χ2n) is 7.01. The molecule has 0 spiro atoms. The molecule has 4 rings (SSSR count). The lowest BCUT2D eigenvalue weighted by molar-refractivity contribution is 0.362. The molecule has 0 aliphatic carbocycles. The number of benzene rings is 3. The summed E-state index contributed by atoms with van der Waals surface area (Å²) in [6.07, 6.45) is 0.393. The lowest BCUT2D eigenvalue weighted by Gasteiger charge is -2.24. The SMILES string of the molecule is COc1cc(OC)cc([C@H]2CC(c3ccc(Cl)cc3)=NN2S(=O)(=O)c2ccccc2)c1. The minimum atomic E-state index is -3.89. The van der Waals surface area contributed by atoms with E-state index in [-0.39, 0.29) is 4.90 Å². The molecular formula is C23H21ClN2O4S. The summed E-state index contributed by atoms with van der Waals surface area (Å²) in [7, 11) is -0.772. The number of halogens is 1. The fraction of sp³-hybridized carbons (Fsp3) is 0.174. The first-order chi connectivity index (χ1) is 14.9. The second kappa shape index (κ2) is 8.61. The number of hydrazone groups is 1. The largest absolute Gasteiger partial charge is 0.497 e. The quantitative estimate of drug-likeness (QED) is 0.529. The minimum absolute atomic E-state index is 0.177. The maximum absolute atomic E-state index is 13.5. The van der Waals surface area contributed by atoms with Gasteiger partial charge in [0.25, 0.3) is 10.0 Å². The van der Waals surface area contributed by atoms with Crippen LogP contribution in [0.15, 0.2) is 82.8 Å². The Labute approximate surface area is 186 Å². The van der Waals surface area contributed by atoms with Crippen LogP contribution in [0.5, 0.6) is 11.5 Å². The van der Waals surface area contributed by atoms with Crippen LogP contribution in [0.2, 0.25) is 5.02 Å². The summed E-state index contributed by atoms with van der Waals surface area (Å²) >= 11 is 6.02. The van der Waals surface area contributed by atoms with Crippen LogP contribution in [-0.2, 0) is 10.0 Å². The Balaban J connectivity index is 1.83. The van der Waals surface area contributed by atoms with Crippen molar-refractivity contribution in [1.29, 1.82) is 0 Å². The minimum Gasteiger partial charge on any atom is -0.497 e. The molecule has 8 heteroatoms. The van der Waals surface area contributed by atoms with Crippen LogP contribution in [-0.4, -0.2) is 32.8 Å². The summed E-state index contributed by atoms with van der Waals surface area (Å²) < 4.78 is 38.9. The summed E-state index contributed by atoms with van der Waals surface area (Å²) in [5.74, 6) is 1.15. The number of sulfonamides is 1. The van der Waals surface area contributed by atoms with Gasteiger partial charge in [-0.2, -0.15) is 17.9 Å². The summed E-state index contributed by atoms with van der Waals surface area (Å²) in [4.78, 5) is 0.177. The van der Waals surface area contributed by atoms with Gasteiger partial charge in [0, 0.05) is 17.5 Å². The zero-order chi connectivity index (χ0) is 22.0. The second-order valence-corrected chi connectivity index (χ2v) is 9.24. The molecule has 0 unspecified atom stereocenters. The van der Waals surface area contributed by atoms with Crippen LogP contribution >= 0.6 is 11.6 Å². The van der Waals surface area contributed by atoms with Gasteiger partial charge in [0.05, 0.1) is 30.9 Å². The molecule has 6 nitrogen and oxygen atoms in total. The fourth-order valence-corrected chi connectivity index (χ4v) is 5.08. The van der Waals surface area contributed by atoms with Gasteiger partial charge in [-0.15, -0.1) is 0 Å². The van der Waals surface area contributed by atoms with E-state index in [1.807, 2.05) is 12.1 Å². The van der Waals surface area contributed by atoms with E-state index in [1.165, 1.54) is 4.41 Å². The van der Waals surface area contributed by atoms with Crippen molar-refractivity contribution in [3.8, 4) is 11.5 Å². The molecule has 0 saturated carbocycles. The van der Waals surface area contributed by atoms with Crippen molar-refractivity contribution in [1.82, 2.24) is 4.41 Å². The lowest BCUT2D eigenvalue weighted by atomic mass is 9.99. The zero-order valence-corrected chi connectivity index (χ0v) is 18.6. The monoisotopic (exact) mass is 456 g/mol. The van der Waals surface area contributed by atoms with Crippen LogP contribution in [0.1, 0.15) is 23.6 Å². The maximum atomic E-state index is 13.5. The summed E-state index contributed by atoms with van der Waals surface area (Å²) in [5.41, 5.74) is 2.20. The van der Waals surface area contributed by atoms with E-state index >= 15 is 0 Å². The molecule has 1 aliphatic rings. The number of methoxy groups -OCH3 is 2. The van der Waals surface area contributed by atoms with Crippen molar-refractivity contribution in [3.05, 3.63) is 88.9 Å². The predicted octanol–water partition coefficient (Wildman–Crippen LogP) is 4.90. The van der Waals surface area contributed by atoms with Gasteiger partial charge in [0.2, 0.25) is 0 Å². The lowest BCUT2D eigenvalue weighted by Crippen LogP contribution is -2.27. The average molecular weight is 457 g/mol. The molecule has 0 bridgehead atoms. The number of rotatable bonds is 6. The van der Waals surface area contributed by atoms with Gasteiger partial charge in [-0.05, 0) is 47.5 Å². The van der Waals surface area contributed by atoms with E-state index < -0.39 is 16.1 Å². The highest BCUT2D eigenvalue weighted by molar-refractivity contribution is 7.89. The van der Waals surface area contributed by atoms with Crippen molar-refractivity contribution in [2.45, 2.75) is 17.4 Å². The highest BCUT2D eigenvalue weighted by atomic mass is 35.5. The van der Waals surface area contributed by atoms with Crippen LogP contribution in [0.25, 0.3) is 0 Å². The number of nitrogens with zero attached hydrogens (tertiary/aromatic N) is 2. The smallest absolute Gasteiger partial charge is 0.279 e. The third-order valence-electron chi connectivity index (χ3n) is 5.10. The number of hydrogen-bond donors (Lipinski definition) is 0. The van der Waals surface area contributed by atoms with E-state index in [2.05, 4.69) is 5.10 Å². The summed E-state index contributed by atoms with van der Waals surface area (Å²) in [5, 5.41) is 5.14. The Kier molecular flexibility index (Phi) is 5.89. The van der Waals surface area contributed by atoms with Gasteiger partial charge >= 0.3 is 0 Å². The van der Waals surface area contributed by atoms with E-state index in [0.29, 0.717) is 28.7 Å². The highest BCUT2D eigenvalue weighted by Gasteiger charge is 2.38. The van der Waals surface area contributed by atoms with Gasteiger partial charge < -0.3 is 9.47 Å². The Morgan fingerprint density at radius 3 is 2.13 bits per heavy atom. The number of ether oxygens (including phenoxy) is 2. The van der Waals surface area contributed by atoms with Gasteiger partial charge in [-0.3, -0.25) is 0 Å². The molecule has 0 fully saturated rings. The third-order valence-corrected chi connectivity index (χ3v) is 7.04. The van der Waals surface area contributed by atoms with E-state index in [1.54, 1.807) is 74.9 Å². The maximum Gasteiger partial charge on any atom is 0.279 e. The Hall–Kier alpha value is -3.03. The van der Waals surface area contributed by atoms with Gasteiger partial charge in [-0.1, -0.05) is 41.9 Å². The first-order valence-corrected chi connectivity index (χ1v) is 11.4. The van der Waals surface area contributed by atoms with Gasteiger partial charge in [0.15, 0.2) is 0 Å². The highest BCUT2D eigenvalue weighted by Crippen LogP contribution is 2.39. The van der Waals surface area contributed by atoms with Crippen molar-refractivity contribution in [2.75, 3.05) is 14.2 Å². The topological polar surface area (TPSA) is 68.2 Å². The van der Waals surface area contributed by atoms with Crippen LogP contribution < -0.4 is 9.47 Å². The molecule has 3 aromatic carbocycles. The molecule has 1 heterocycles. The molecular weight excluding hydrogens is 436 g/mol. The van der Waals surface area contributed by atoms with Gasteiger partial charge in [-0.25, -0.2) is 0 Å². The normalized spacial score (nSPS) is 16.2. The van der Waals surface area contributed by atoms with Crippen molar-refractivity contribution in [2.24, 2.45) is 5.10 Å². The van der Waals surface area contributed by atoms with Crippen LogP contribution in [0, 0.1) is 0 Å². The predicted molar refractivity (Wildman–Crippen MR) is 120 cm³/mol. The van der Waals surface area contributed by atoms with E-state index in [4.69, 9.17) is 21.1 Å². The molecule has 1 aliphatic heterocycles. The molecule has 160 valence electrons. The third kappa shape index (κ3) is 4.24. The average Bonchev–Trinajstić information content (AvgIpc) is 3.26. The molecule has 1 atom stereocenters. The molecule has 0 amide bonds. The Bertz CT molecular complexity index is 1190. The van der Waals surface area contributed by atoms with Crippen LogP contribution in [0.4, 0.5) is 0 Å². The van der Waals surface area contributed by atoms with Crippen molar-refractivity contribution in [3.63, 3.8) is 0 Å². The summed E-state index contributed by atoms with van der Waals surface area (Å²) in [6.45, 7) is 0. The molecule has 0 saturated heterocycles. The fourth-order valence-electron chi connectivity index (χ4n) is 3.50. The Morgan fingerprint density at radius 2 is 1.55 bits per heavy atom. The Morgan fingerprint density at radius 1 is 0.935 bits per heavy atom. The van der Waals surface area contributed by atoms with E-state index in [9.17, 15) is 8.42 Å². The zero-order valence-electron chi connectivity index (χ0n) is 17.0. The van der Waals surface area contributed by atoms with Crippen LogP contribution in [0.3, 0.4) is 0 Å². The van der Waals surface area contributed by atoms with E-state index in [0.717, 1.165) is 11.1 Å². The first-order valence-electron chi connectivity index (χ1n) is 9.58. The first kappa shape index (κ1) is 21.2. The molecule has 3 aromatic rings.